The highest BCUT2D eigenvalue weighted by atomic mass is 35.7. The van der Waals surface area contributed by atoms with Crippen LogP contribution < -0.4 is 0 Å². The van der Waals surface area contributed by atoms with E-state index in [1.807, 2.05) is 31.5 Å². The molecule has 0 unspecified atom stereocenters. The van der Waals surface area contributed by atoms with Crippen LogP contribution in [0.3, 0.4) is 0 Å². The Balaban J connectivity index is 2.83. The molecule has 0 aliphatic carbocycles. The van der Waals surface area contributed by atoms with Gasteiger partial charge in [0.05, 0.1) is 5.75 Å². The third-order valence-corrected chi connectivity index (χ3v) is 3.65. The van der Waals surface area contributed by atoms with Gasteiger partial charge in [-0.2, -0.15) is 0 Å². The van der Waals surface area contributed by atoms with E-state index < -0.39 is 9.05 Å². The van der Waals surface area contributed by atoms with E-state index in [1.54, 1.807) is 0 Å². The average Bonchev–Trinajstić information content (AvgIpc) is 2.28. The molecule has 0 radical (unpaired) electrons. The van der Waals surface area contributed by atoms with Crippen molar-refractivity contribution < 1.29 is 8.42 Å². The van der Waals surface area contributed by atoms with E-state index >= 15 is 0 Å². The number of nitrogens with zero attached hydrogens (tertiary/aromatic N) is 1. The van der Waals surface area contributed by atoms with Crippen molar-refractivity contribution in [3.05, 3.63) is 23.0 Å². The van der Waals surface area contributed by atoms with Crippen molar-refractivity contribution in [2.24, 2.45) is 7.05 Å². The van der Waals surface area contributed by atoms with Crippen molar-refractivity contribution in [3.8, 4) is 0 Å². The third-order valence-electron chi connectivity index (χ3n) is 2.50. The fourth-order valence-corrected chi connectivity index (χ4v) is 2.11. The van der Waals surface area contributed by atoms with E-state index in [2.05, 4.69) is 0 Å². The maximum absolute atomic E-state index is 10.8. The number of rotatable bonds is 3. The molecule has 0 aliphatic rings. The van der Waals surface area contributed by atoms with Gasteiger partial charge in [-0.1, -0.05) is 0 Å². The van der Waals surface area contributed by atoms with Crippen molar-refractivity contribution >= 4 is 19.7 Å². The number of hydrogen-bond donors (Lipinski definition) is 0. The molecule has 80 valence electrons. The molecule has 0 atom stereocenters. The summed E-state index contributed by atoms with van der Waals surface area (Å²) in [6.45, 7) is 3.97. The molecule has 0 saturated heterocycles. The second-order valence-corrected chi connectivity index (χ2v) is 6.34. The van der Waals surface area contributed by atoms with Crippen LogP contribution in [-0.2, 0) is 22.5 Å². The van der Waals surface area contributed by atoms with Gasteiger partial charge in [0.15, 0.2) is 0 Å². The van der Waals surface area contributed by atoms with Crippen LogP contribution in [0.2, 0.25) is 0 Å². The highest BCUT2D eigenvalue weighted by Crippen LogP contribution is 2.15. The summed E-state index contributed by atoms with van der Waals surface area (Å²) >= 11 is 0. The van der Waals surface area contributed by atoms with Crippen molar-refractivity contribution in [3.63, 3.8) is 0 Å². The molecule has 3 nitrogen and oxygen atoms in total. The van der Waals surface area contributed by atoms with Gasteiger partial charge >= 0.3 is 0 Å². The Bertz CT molecular complexity index is 434. The standard InChI is InChI=1S/C9H14ClNO2S/c1-7-6-9(8(2)11(7)3)4-5-14(10,12)13/h6H,4-5H2,1-3H3. The number of aryl methyl sites for hydroxylation is 2. The largest absolute Gasteiger partial charge is 0.352 e. The summed E-state index contributed by atoms with van der Waals surface area (Å²) in [6.07, 6.45) is 0.485. The second-order valence-electron chi connectivity index (χ2n) is 3.45. The average molecular weight is 236 g/mol. The Kier molecular flexibility index (Phi) is 3.27. The summed E-state index contributed by atoms with van der Waals surface area (Å²) in [4.78, 5) is 0. The number of hydrogen-bond acceptors (Lipinski definition) is 2. The molecule has 0 bridgehead atoms. The first-order valence-electron chi connectivity index (χ1n) is 4.35. The number of halogens is 1. The Hall–Kier alpha value is -0.480. The normalized spacial score (nSPS) is 12.0. The molecular formula is C9H14ClNO2S. The molecule has 1 heterocycles. The molecule has 0 aromatic carbocycles. The maximum Gasteiger partial charge on any atom is 0.232 e. The van der Waals surface area contributed by atoms with Gasteiger partial charge in [0.2, 0.25) is 9.05 Å². The van der Waals surface area contributed by atoms with Crippen LogP contribution in [0.5, 0.6) is 0 Å². The Morgan fingerprint density at radius 3 is 2.36 bits per heavy atom. The van der Waals surface area contributed by atoms with E-state index in [0.717, 1.165) is 17.0 Å². The summed E-state index contributed by atoms with van der Waals surface area (Å²) in [6, 6.07) is 2.00. The van der Waals surface area contributed by atoms with Gasteiger partial charge in [-0.25, -0.2) is 8.42 Å². The maximum atomic E-state index is 10.8. The van der Waals surface area contributed by atoms with Crippen LogP contribution in [-0.4, -0.2) is 18.7 Å². The molecule has 1 aromatic rings. The Morgan fingerprint density at radius 2 is 2.00 bits per heavy atom. The molecular weight excluding hydrogens is 222 g/mol. The third kappa shape index (κ3) is 2.75. The quantitative estimate of drug-likeness (QED) is 0.749. The first-order valence-corrected chi connectivity index (χ1v) is 6.83. The van der Waals surface area contributed by atoms with Crippen LogP contribution in [0.25, 0.3) is 0 Å². The van der Waals surface area contributed by atoms with Crippen molar-refractivity contribution in [1.82, 2.24) is 4.57 Å². The van der Waals surface area contributed by atoms with Gasteiger partial charge in [0.1, 0.15) is 0 Å². The molecule has 1 rings (SSSR count). The first-order chi connectivity index (χ1) is 6.31. The SMILES string of the molecule is Cc1cc(CCS(=O)(=O)Cl)c(C)n1C. The molecule has 5 heteroatoms. The topological polar surface area (TPSA) is 39.1 Å². The monoisotopic (exact) mass is 235 g/mol. The molecule has 1 aromatic heterocycles. The molecule has 0 amide bonds. The van der Waals surface area contributed by atoms with Gasteiger partial charge in [0.25, 0.3) is 0 Å². The highest BCUT2D eigenvalue weighted by Gasteiger charge is 2.10. The molecule has 0 spiro atoms. The molecule has 0 aliphatic heterocycles. The van der Waals surface area contributed by atoms with E-state index in [-0.39, 0.29) is 5.75 Å². The summed E-state index contributed by atoms with van der Waals surface area (Å²) in [7, 11) is 3.73. The molecule has 14 heavy (non-hydrogen) atoms. The summed E-state index contributed by atoms with van der Waals surface area (Å²) in [5, 5.41) is 0. The fourth-order valence-electron chi connectivity index (χ4n) is 1.42. The van der Waals surface area contributed by atoms with Crippen molar-refractivity contribution in [2.75, 3.05) is 5.75 Å². The minimum Gasteiger partial charge on any atom is -0.352 e. The number of aromatic nitrogens is 1. The zero-order chi connectivity index (χ0) is 10.9. The lowest BCUT2D eigenvalue weighted by Crippen LogP contribution is -2.02. The minimum absolute atomic E-state index is 0.00114. The van der Waals surface area contributed by atoms with E-state index in [1.165, 1.54) is 0 Å². The molecule has 0 saturated carbocycles. The second kappa shape index (κ2) is 3.95. The van der Waals surface area contributed by atoms with Gasteiger partial charge < -0.3 is 4.57 Å². The predicted octanol–water partition coefficient (Wildman–Crippen LogP) is 1.75. The first kappa shape index (κ1) is 11.6. The molecule has 0 fully saturated rings. The predicted molar refractivity (Wildman–Crippen MR) is 58.2 cm³/mol. The highest BCUT2D eigenvalue weighted by molar-refractivity contribution is 8.13. The van der Waals surface area contributed by atoms with Crippen molar-refractivity contribution in [1.29, 1.82) is 0 Å². The smallest absolute Gasteiger partial charge is 0.232 e. The summed E-state index contributed by atoms with van der Waals surface area (Å²) in [5.41, 5.74) is 3.28. The van der Waals surface area contributed by atoms with E-state index in [4.69, 9.17) is 10.7 Å². The van der Waals surface area contributed by atoms with Gasteiger partial charge in [-0.3, -0.25) is 0 Å². The van der Waals surface area contributed by atoms with Crippen LogP contribution in [0.15, 0.2) is 6.07 Å². The lowest BCUT2D eigenvalue weighted by atomic mass is 10.2. The van der Waals surface area contributed by atoms with Crippen molar-refractivity contribution in [2.45, 2.75) is 20.3 Å². The zero-order valence-corrected chi connectivity index (χ0v) is 10.1. The van der Waals surface area contributed by atoms with Gasteiger partial charge in [-0.15, -0.1) is 0 Å². The van der Waals surface area contributed by atoms with Crippen LogP contribution in [0.4, 0.5) is 0 Å². The lowest BCUT2D eigenvalue weighted by molar-refractivity contribution is 0.608. The minimum atomic E-state index is -3.38. The Morgan fingerprint density at radius 1 is 1.43 bits per heavy atom. The van der Waals surface area contributed by atoms with Gasteiger partial charge in [-0.05, 0) is 31.9 Å². The molecule has 0 N–H and O–H groups in total. The zero-order valence-electron chi connectivity index (χ0n) is 8.54. The van der Waals surface area contributed by atoms with Crippen LogP contribution in [0, 0.1) is 13.8 Å². The van der Waals surface area contributed by atoms with E-state index in [0.29, 0.717) is 6.42 Å². The van der Waals surface area contributed by atoms with E-state index in [9.17, 15) is 8.42 Å². The Labute approximate surface area is 89.1 Å². The summed E-state index contributed by atoms with van der Waals surface area (Å²) < 4.78 is 23.6. The van der Waals surface area contributed by atoms with Crippen LogP contribution in [0.1, 0.15) is 17.0 Å². The lowest BCUT2D eigenvalue weighted by Gasteiger charge is -2.01. The van der Waals surface area contributed by atoms with Gasteiger partial charge in [0, 0.05) is 29.1 Å². The fraction of sp³-hybridized carbons (Fsp3) is 0.556. The van der Waals surface area contributed by atoms with Crippen LogP contribution >= 0.6 is 10.7 Å². The summed E-state index contributed by atoms with van der Waals surface area (Å²) in [5.74, 6) is -0.00114.